The second-order valence-electron chi connectivity index (χ2n) is 5.20. The van der Waals surface area contributed by atoms with Gasteiger partial charge in [0.2, 0.25) is 5.91 Å². The minimum atomic E-state index is 0. The van der Waals surface area contributed by atoms with E-state index in [-0.39, 0.29) is 24.4 Å². The molecular weight excluding hydrogens is 280 g/mol. The van der Waals surface area contributed by atoms with Gasteiger partial charge in [-0.25, -0.2) is 0 Å². The van der Waals surface area contributed by atoms with Crippen LogP contribution in [0.3, 0.4) is 0 Å². The summed E-state index contributed by atoms with van der Waals surface area (Å²) in [5.74, 6) is 0.640. The quantitative estimate of drug-likeness (QED) is 0.878. The van der Waals surface area contributed by atoms with Crippen molar-refractivity contribution in [1.29, 1.82) is 0 Å². The monoisotopic (exact) mass is 304 g/mol. The highest BCUT2D eigenvalue weighted by Crippen LogP contribution is 2.16. The van der Waals surface area contributed by atoms with Crippen LogP contribution in [0.2, 0.25) is 0 Å². The van der Waals surface area contributed by atoms with Gasteiger partial charge in [-0.05, 0) is 31.4 Å². The largest absolute Gasteiger partial charge is 0.345 e. The van der Waals surface area contributed by atoms with Crippen LogP contribution in [0.15, 0.2) is 12.1 Å². The molecule has 0 radical (unpaired) electrons. The molecule has 0 saturated heterocycles. The molecule has 19 heavy (non-hydrogen) atoms. The SMILES string of the molecule is Cc1ccc(CC(=O)N(C)CCC(N)C(C)C)s1.Cl. The van der Waals surface area contributed by atoms with Crippen LogP contribution in [-0.4, -0.2) is 30.4 Å². The maximum atomic E-state index is 12.0. The predicted octanol–water partition coefficient (Wildman–Crippen LogP) is 2.85. The Bertz CT molecular complexity index is 393. The second-order valence-corrected chi connectivity index (χ2v) is 6.57. The molecule has 1 aromatic heterocycles. The molecule has 2 N–H and O–H groups in total. The first-order chi connectivity index (χ1) is 8.40. The number of carbonyl (C=O) groups is 1. The van der Waals surface area contributed by atoms with Crippen molar-refractivity contribution in [3.63, 3.8) is 0 Å². The van der Waals surface area contributed by atoms with E-state index >= 15 is 0 Å². The number of nitrogens with two attached hydrogens (primary N) is 1. The van der Waals surface area contributed by atoms with Gasteiger partial charge in [0, 0.05) is 29.4 Å². The van der Waals surface area contributed by atoms with E-state index < -0.39 is 0 Å². The van der Waals surface area contributed by atoms with Crippen LogP contribution >= 0.6 is 23.7 Å². The molecule has 0 bridgehead atoms. The lowest BCUT2D eigenvalue weighted by atomic mass is 10.0. The Morgan fingerprint density at radius 1 is 1.42 bits per heavy atom. The minimum absolute atomic E-state index is 0. The summed E-state index contributed by atoms with van der Waals surface area (Å²) in [4.78, 5) is 16.2. The van der Waals surface area contributed by atoms with Crippen LogP contribution in [0.4, 0.5) is 0 Å². The summed E-state index contributed by atoms with van der Waals surface area (Å²) in [6.07, 6.45) is 1.37. The van der Waals surface area contributed by atoms with Crippen molar-refractivity contribution in [3.8, 4) is 0 Å². The number of amides is 1. The molecule has 3 nitrogen and oxygen atoms in total. The number of halogens is 1. The second kappa shape index (κ2) is 8.56. The van der Waals surface area contributed by atoms with Crippen molar-refractivity contribution in [3.05, 3.63) is 21.9 Å². The molecule has 1 rings (SSSR count). The van der Waals surface area contributed by atoms with Crippen LogP contribution < -0.4 is 5.73 Å². The Morgan fingerprint density at radius 3 is 2.53 bits per heavy atom. The van der Waals surface area contributed by atoms with Crippen LogP contribution in [0, 0.1) is 12.8 Å². The van der Waals surface area contributed by atoms with E-state index in [2.05, 4.69) is 26.8 Å². The van der Waals surface area contributed by atoms with Crippen LogP contribution in [-0.2, 0) is 11.2 Å². The predicted molar refractivity (Wildman–Crippen MR) is 85.1 cm³/mol. The van der Waals surface area contributed by atoms with Gasteiger partial charge >= 0.3 is 0 Å². The Morgan fingerprint density at radius 2 is 2.05 bits per heavy atom. The molecule has 1 atom stereocenters. The zero-order chi connectivity index (χ0) is 13.7. The first-order valence-corrected chi connectivity index (χ1v) is 7.26. The number of nitrogens with zero attached hydrogens (tertiary/aromatic N) is 1. The maximum absolute atomic E-state index is 12.0. The van der Waals surface area contributed by atoms with Crippen LogP contribution in [0.5, 0.6) is 0 Å². The molecular formula is C14H25ClN2OS. The van der Waals surface area contributed by atoms with E-state index in [1.54, 1.807) is 16.2 Å². The average molecular weight is 305 g/mol. The normalized spacial score (nSPS) is 12.1. The highest BCUT2D eigenvalue weighted by atomic mass is 35.5. The van der Waals surface area contributed by atoms with Gasteiger partial charge in [-0.1, -0.05) is 13.8 Å². The van der Waals surface area contributed by atoms with Gasteiger partial charge in [-0.3, -0.25) is 4.79 Å². The molecule has 0 aliphatic carbocycles. The Hall–Kier alpha value is -0.580. The van der Waals surface area contributed by atoms with E-state index in [0.717, 1.165) is 17.8 Å². The Labute approximate surface area is 126 Å². The van der Waals surface area contributed by atoms with E-state index in [1.165, 1.54) is 4.88 Å². The summed E-state index contributed by atoms with van der Waals surface area (Å²) in [5.41, 5.74) is 5.98. The third-order valence-electron chi connectivity index (χ3n) is 3.20. The van der Waals surface area contributed by atoms with Crippen molar-refractivity contribution in [2.24, 2.45) is 11.7 Å². The van der Waals surface area contributed by atoms with Gasteiger partial charge in [0.15, 0.2) is 0 Å². The topological polar surface area (TPSA) is 46.3 Å². The lowest BCUT2D eigenvalue weighted by Crippen LogP contribution is -2.35. The average Bonchev–Trinajstić information content (AvgIpc) is 2.70. The molecule has 0 aliphatic rings. The number of rotatable bonds is 6. The fourth-order valence-electron chi connectivity index (χ4n) is 1.66. The van der Waals surface area contributed by atoms with E-state index in [0.29, 0.717) is 12.3 Å². The van der Waals surface area contributed by atoms with Crippen molar-refractivity contribution >= 4 is 29.7 Å². The molecule has 1 aromatic rings. The molecule has 0 spiro atoms. The molecule has 1 heterocycles. The van der Waals surface area contributed by atoms with Crippen molar-refractivity contribution in [2.45, 2.75) is 39.7 Å². The molecule has 0 aromatic carbocycles. The van der Waals surface area contributed by atoms with Crippen molar-refractivity contribution in [1.82, 2.24) is 4.90 Å². The fourth-order valence-corrected chi connectivity index (χ4v) is 2.55. The third-order valence-corrected chi connectivity index (χ3v) is 4.20. The minimum Gasteiger partial charge on any atom is -0.345 e. The van der Waals surface area contributed by atoms with Crippen LogP contribution in [0.1, 0.15) is 30.0 Å². The first kappa shape index (κ1) is 18.4. The maximum Gasteiger partial charge on any atom is 0.227 e. The number of hydrogen-bond donors (Lipinski definition) is 1. The highest BCUT2D eigenvalue weighted by molar-refractivity contribution is 7.12. The van der Waals surface area contributed by atoms with Gasteiger partial charge < -0.3 is 10.6 Å². The van der Waals surface area contributed by atoms with E-state index in [4.69, 9.17) is 5.73 Å². The van der Waals surface area contributed by atoms with Gasteiger partial charge in [0.1, 0.15) is 0 Å². The Balaban J connectivity index is 0.00000324. The summed E-state index contributed by atoms with van der Waals surface area (Å²) >= 11 is 1.69. The summed E-state index contributed by atoms with van der Waals surface area (Å²) < 4.78 is 0. The number of thiophene rings is 1. The summed E-state index contributed by atoms with van der Waals surface area (Å²) in [7, 11) is 1.86. The summed E-state index contributed by atoms with van der Waals surface area (Å²) in [6.45, 7) is 7.02. The van der Waals surface area contributed by atoms with Gasteiger partial charge in [0.05, 0.1) is 6.42 Å². The van der Waals surface area contributed by atoms with Gasteiger partial charge in [-0.15, -0.1) is 23.7 Å². The van der Waals surface area contributed by atoms with Crippen molar-refractivity contribution in [2.75, 3.05) is 13.6 Å². The van der Waals surface area contributed by atoms with E-state index in [1.807, 2.05) is 13.1 Å². The molecule has 110 valence electrons. The number of hydrogen-bond acceptors (Lipinski definition) is 3. The molecule has 0 fully saturated rings. The number of aryl methyl sites for hydroxylation is 1. The van der Waals surface area contributed by atoms with Gasteiger partial charge in [0.25, 0.3) is 0 Å². The number of carbonyl (C=O) groups excluding carboxylic acids is 1. The lowest BCUT2D eigenvalue weighted by molar-refractivity contribution is -0.129. The molecule has 5 heteroatoms. The molecule has 1 unspecified atom stereocenters. The highest BCUT2D eigenvalue weighted by Gasteiger charge is 2.13. The first-order valence-electron chi connectivity index (χ1n) is 6.45. The molecule has 0 aliphatic heterocycles. The van der Waals surface area contributed by atoms with Gasteiger partial charge in [-0.2, -0.15) is 0 Å². The molecule has 1 amide bonds. The third kappa shape index (κ3) is 6.41. The standard InChI is InChI=1S/C14H24N2OS.ClH/c1-10(2)13(15)7-8-16(4)14(17)9-12-6-5-11(3)18-12;/h5-6,10,13H,7-9,15H2,1-4H3;1H. The fraction of sp³-hybridized carbons (Fsp3) is 0.643. The zero-order valence-electron chi connectivity index (χ0n) is 12.2. The number of likely N-dealkylation sites (N-methyl/N-ethyl adjacent to an activating group) is 1. The Kier molecular flexibility index (Phi) is 8.30. The zero-order valence-corrected chi connectivity index (χ0v) is 13.8. The molecule has 0 saturated carbocycles. The lowest BCUT2D eigenvalue weighted by Gasteiger charge is -2.21. The smallest absolute Gasteiger partial charge is 0.227 e. The summed E-state index contributed by atoms with van der Waals surface area (Å²) in [5, 5.41) is 0. The van der Waals surface area contributed by atoms with Crippen LogP contribution in [0.25, 0.3) is 0 Å². The van der Waals surface area contributed by atoms with E-state index in [9.17, 15) is 4.79 Å². The summed E-state index contributed by atoms with van der Waals surface area (Å²) in [6, 6.07) is 4.26. The van der Waals surface area contributed by atoms with Crippen molar-refractivity contribution < 1.29 is 4.79 Å².